The maximum absolute atomic E-state index is 5.71. The third-order valence-corrected chi connectivity index (χ3v) is 3.26. The second-order valence-electron chi connectivity index (χ2n) is 4.42. The number of aliphatic imine (C=N–C) groups is 1. The number of allylic oxidation sites excluding steroid dienone is 1. The molecule has 0 saturated carbocycles. The Labute approximate surface area is 109 Å². The SMILES string of the molecule is C1=C2\C(=Nc3ccccc32)O/C=c2/cncc/c2=C/1. The van der Waals surface area contributed by atoms with Crippen LogP contribution in [0.15, 0.2) is 53.8 Å². The Morgan fingerprint density at radius 2 is 1.89 bits per heavy atom. The lowest BCUT2D eigenvalue weighted by atomic mass is 10.1. The van der Waals surface area contributed by atoms with E-state index in [9.17, 15) is 0 Å². The minimum absolute atomic E-state index is 0.645. The number of hydrogen-bond donors (Lipinski definition) is 0. The molecule has 0 spiro atoms. The molecule has 3 nitrogen and oxygen atoms in total. The lowest BCUT2D eigenvalue weighted by Gasteiger charge is -2.04. The van der Waals surface area contributed by atoms with Crippen LogP contribution in [0.25, 0.3) is 17.9 Å². The zero-order valence-electron chi connectivity index (χ0n) is 10.1. The van der Waals surface area contributed by atoms with Crippen LogP contribution in [-0.2, 0) is 4.74 Å². The molecule has 3 heterocycles. The second kappa shape index (κ2) is 3.92. The first-order chi connectivity index (χ1) is 9.42. The normalized spacial score (nSPS) is 21.5. The molecule has 0 bridgehead atoms. The van der Waals surface area contributed by atoms with Gasteiger partial charge in [-0.3, -0.25) is 4.98 Å². The van der Waals surface area contributed by atoms with Crippen molar-refractivity contribution in [2.75, 3.05) is 0 Å². The van der Waals surface area contributed by atoms with Crippen molar-refractivity contribution in [2.24, 2.45) is 4.99 Å². The number of benzene rings is 1. The summed E-state index contributed by atoms with van der Waals surface area (Å²) in [5.41, 5.74) is 3.09. The van der Waals surface area contributed by atoms with Gasteiger partial charge in [0.15, 0.2) is 0 Å². The lowest BCUT2D eigenvalue weighted by molar-refractivity contribution is 0.541. The molecule has 0 fully saturated rings. The first-order valence-corrected chi connectivity index (χ1v) is 6.09. The van der Waals surface area contributed by atoms with Gasteiger partial charge in [0.1, 0.15) is 6.26 Å². The molecule has 3 heteroatoms. The number of pyridine rings is 1. The fraction of sp³-hybridized carbons (Fsp3) is 0. The summed E-state index contributed by atoms with van der Waals surface area (Å²) in [4.78, 5) is 8.61. The molecule has 0 aliphatic carbocycles. The molecule has 0 N–H and O–H groups in total. The van der Waals surface area contributed by atoms with Gasteiger partial charge in [-0.15, -0.1) is 0 Å². The van der Waals surface area contributed by atoms with Crippen molar-refractivity contribution in [2.45, 2.75) is 0 Å². The maximum Gasteiger partial charge on any atom is 0.226 e. The van der Waals surface area contributed by atoms with Gasteiger partial charge in [0.25, 0.3) is 0 Å². The standard InChI is InChI=1S/C16H10N2O/c1-2-4-15-13(3-1)14-6-5-11-7-8-17-9-12(11)10-19-16(14)18-15/h1-10H/b11-5-,12-10-,14-6-. The predicted octanol–water partition coefficient (Wildman–Crippen LogP) is 1.76. The monoisotopic (exact) mass is 246 g/mol. The topological polar surface area (TPSA) is 34.5 Å². The zero-order chi connectivity index (χ0) is 12.7. The molecule has 0 radical (unpaired) electrons. The molecule has 1 aromatic carbocycles. The van der Waals surface area contributed by atoms with E-state index in [0.717, 1.165) is 27.3 Å². The summed E-state index contributed by atoms with van der Waals surface area (Å²) in [6, 6.07) is 10.0. The summed E-state index contributed by atoms with van der Waals surface area (Å²) in [6.07, 6.45) is 9.39. The molecule has 0 amide bonds. The average Bonchev–Trinajstić information content (AvgIpc) is 2.78. The number of ether oxygens (including phenoxy) is 1. The van der Waals surface area contributed by atoms with E-state index in [1.54, 1.807) is 18.7 Å². The Morgan fingerprint density at radius 3 is 2.89 bits per heavy atom. The van der Waals surface area contributed by atoms with Gasteiger partial charge in [0.05, 0.1) is 5.69 Å². The van der Waals surface area contributed by atoms with Gasteiger partial charge < -0.3 is 4.74 Å². The maximum atomic E-state index is 5.71. The molecule has 90 valence electrons. The predicted molar refractivity (Wildman–Crippen MR) is 75.0 cm³/mol. The summed E-state index contributed by atoms with van der Waals surface area (Å²) in [7, 11) is 0. The van der Waals surface area contributed by atoms with E-state index in [4.69, 9.17) is 4.74 Å². The summed E-state index contributed by atoms with van der Waals surface area (Å²) >= 11 is 0. The van der Waals surface area contributed by atoms with Crippen molar-refractivity contribution in [3.63, 3.8) is 0 Å². The van der Waals surface area contributed by atoms with Gasteiger partial charge in [0.2, 0.25) is 5.90 Å². The van der Waals surface area contributed by atoms with Gasteiger partial charge in [-0.25, -0.2) is 4.99 Å². The van der Waals surface area contributed by atoms with Gasteiger partial charge >= 0.3 is 0 Å². The van der Waals surface area contributed by atoms with E-state index in [1.807, 2.05) is 24.3 Å². The van der Waals surface area contributed by atoms with E-state index in [1.165, 1.54) is 0 Å². The van der Waals surface area contributed by atoms with Crippen LogP contribution in [-0.4, -0.2) is 10.9 Å². The van der Waals surface area contributed by atoms with Gasteiger partial charge in [-0.2, -0.15) is 0 Å². The van der Waals surface area contributed by atoms with Crippen LogP contribution >= 0.6 is 0 Å². The van der Waals surface area contributed by atoms with Crippen LogP contribution in [0.5, 0.6) is 0 Å². The summed E-state index contributed by atoms with van der Waals surface area (Å²) < 4.78 is 5.71. The number of rotatable bonds is 0. The Morgan fingerprint density at radius 1 is 0.947 bits per heavy atom. The molecule has 1 aromatic heterocycles. The van der Waals surface area contributed by atoms with Gasteiger partial charge in [0, 0.05) is 28.7 Å². The van der Waals surface area contributed by atoms with E-state index in [0.29, 0.717) is 5.90 Å². The summed E-state index contributed by atoms with van der Waals surface area (Å²) in [6.45, 7) is 0. The largest absolute Gasteiger partial charge is 0.445 e. The molecule has 19 heavy (non-hydrogen) atoms. The van der Waals surface area contributed by atoms with Crippen LogP contribution in [0.4, 0.5) is 5.69 Å². The molecular formula is C16H10N2O. The van der Waals surface area contributed by atoms with Crippen molar-refractivity contribution in [1.29, 1.82) is 0 Å². The van der Waals surface area contributed by atoms with Gasteiger partial charge in [-0.05, 0) is 23.4 Å². The highest BCUT2D eigenvalue weighted by Crippen LogP contribution is 2.35. The third kappa shape index (κ3) is 1.59. The van der Waals surface area contributed by atoms with Crippen LogP contribution in [0.2, 0.25) is 0 Å². The van der Waals surface area contributed by atoms with Gasteiger partial charge in [-0.1, -0.05) is 24.3 Å². The molecule has 0 saturated heterocycles. The van der Waals surface area contributed by atoms with Crippen molar-refractivity contribution in [3.8, 4) is 0 Å². The lowest BCUT2D eigenvalue weighted by Crippen LogP contribution is -2.26. The molecule has 0 atom stereocenters. The summed E-state index contributed by atoms with van der Waals surface area (Å²) in [5, 5.41) is 2.04. The van der Waals surface area contributed by atoms with Crippen molar-refractivity contribution in [1.82, 2.24) is 4.98 Å². The molecule has 2 aromatic rings. The van der Waals surface area contributed by atoms with Crippen LogP contribution in [0.3, 0.4) is 0 Å². The van der Waals surface area contributed by atoms with Crippen LogP contribution in [0, 0.1) is 0 Å². The van der Waals surface area contributed by atoms with Crippen molar-refractivity contribution in [3.05, 3.63) is 64.8 Å². The Hall–Kier alpha value is -2.68. The average molecular weight is 246 g/mol. The van der Waals surface area contributed by atoms with Crippen molar-refractivity contribution < 1.29 is 4.74 Å². The summed E-state index contributed by atoms with van der Waals surface area (Å²) in [5.74, 6) is 0.645. The van der Waals surface area contributed by atoms with Crippen LogP contribution in [0.1, 0.15) is 5.56 Å². The highest BCUT2D eigenvalue weighted by atomic mass is 16.5. The fourth-order valence-corrected chi connectivity index (χ4v) is 2.29. The Balaban J connectivity index is 1.98. The Kier molecular flexibility index (Phi) is 2.12. The molecule has 2 aliphatic heterocycles. The van der Waals surface area contributed by atoms with E-state index >= 15 is 0 Å². The first-order valence-electron chi connectivity index (χ1n) is 6.09. The molecule has 4 rings (SSSR count). The van der Waals surface area contributed by atoms with E-state index in [2.05, 4.69) is 28.2 Å². The highest BCUT2D eigenvalue weighted by Gasteiger charge is 2.21. The minimum Gasteiger partial charge on any atom is -0.445 e. The van der Waals surface area contributed by atoms with E-state index < -0.39 is 0 Å². The fourth-order valence-electron chi connectivity index (χ4n) is 2.29. The molecule has 0 unspecified atom stereocenters. The van der Waals surface area contributed by atoms with Crippen molar-refractivity contribution >= 4 is 29.5 Å². The smallest absolute Gasteiger partial charge is 0.226 e. The van der Waals surface area contributed by atoms with E-state index in [-0.39, 0.29) is 0 Å². The third-order valence-electron chi connectivity index (χ3n) is 3.26. The number of aromatic nitrogens is 1. The second-order valence-corrected chi connectivity index (χ2v) is 4.42. The number of hydrogen-bond acceptors (Lipinski definition) is 3. The number of para-hydroxylation sites is 1. The molecular weight excluding hydrogens is 236 g/mol. The zero-order valence-corrected chi connectivity index (χ0v) is 10.1. The molecule has 2 aliphatic rings. The quantitative estimate of drug-likeness (QED) is 0.710. The first kappa shape index (κ1) is 10.3. The highest BCUT2D eigenvalue weighted by molar-refractivity contribution is 6.26. The number of nitrogens with zero attached hydrogens (tertiary/aromatic N) is 2. The Bertz CT molecular complexity index is 847. The number of fused-ring (bicyclic) bond motifs is 4. The minimum atomic E-state index is 0.645. The van der Waals surface area contributed by atoms with Crippen LogP contribution < -0.4 is 10.4 Å².